The highest BCUT2D eigenvalue weighted by Gasteiger charge is 2.24. The van der Waals surface area contributed by atoms with Crippen molar-refractivity contribution < 1.29 is 27.3 Å². The molecule has 23 heavy (non-hydrogen) atoms. The van der Waals surface area contributed by atoms with Crippen LogP contribution >= 0.6 is 11.8 Å². The molecule has 0 fully saturated rings. The van der Waals surface area contributed by atoms with Crippen molar-refractivity contribution in [3.05, 3.63) is 29.3 Å². The third kappa shape index (κ3) is 5.76. The summed E-state index contributed by atoms with van der Waals surface area (Å²) in [5.41, 5.74) is -0.604. The van der Waals surface area contributed by atoms with Crippen molar-refractivity contribution >= 4 is 33.8 Å². The monoisotopic (exact) mass is 361 g/mol. The third-order valence-electron chi connectivity index (χ3n) is 2.79. The fraction of sp³-hybridized carbons (Fsp3) is 0.429. The topological polar surface area (TPSA) is 110 Å². The summed E-state index contributed by atoms with van der Waals surface area (Å²) < 4.78 is 28.1. The Morgan fingerprint density at radius 2 is 2.00 bits per heavy atom. The molecule has 0 aliphatic heterocycles. The molecular weight excluding hydrogens is 342 g/mol. The minimum Gasteiger partial charge on any atom is -0.478 e. The number of carbonyl (C=O) groups excluding carboxylic acids is 1. The largest absolute Gasteiger partial charge is 0.478 e. The van der Waals surface area contributed by atoms with Crippen LogP contribution in [-0.2, 0) is 10.1 Å². The van der Waals surface area contributed by atoms with Crippen molar-refractivity contribution in [2.45, 2.75) is 13.8 Å². The third-order valence-corrected chi connectivity index (χ3v) is 4.83. The number of rotatable bonds is 9. The molecule has 0 aliphatic carbocycles. The number of hydrogen-bond donors (Lipinski definition) is 2. The molecular formula is C14H19NO6S2. The first-order valence-electron chi connectivity index (χ1n) is 6.96. The second kappa shape index (κ2) is 8.78. The predicted molar refractivity (Wildman–Crippen MR) is 88.8 cm³/mol. The van der Waals surface area contributed by atoms with E-state index in [1.54, 1.807) is 11.8 Å². The number of benzene rings is 1. The Morgan fingerprint density at radius 1 is 1.30 bits per heavy atom. The van der Waals surface area contributed by atoms with Gasteiger partial charge in [-0.2, -0.15) is 20.2 Å². The first-order valence-corrected chi connectivity index (χ1v) is 9.70. The van der Waals surface area contributed by atoms with Gasteiger partial charge in [-0.05, 0) is 24.8 Å². The van der Waals surface area contributed by atoms with Crippen LogP contribution in [0.4, 0.5) is 0 Å². The fourth-order valence-electron chi connectivity index (χ4n) is 1.68. The van der Waals surface area contributed by atoms with Gasteiger partial charge in [0, 0.05) is 12.3 Å². The summed E-state index contributed by atoms with van der Waals surface area (Å²) in [6, 6.07) is 3.81. The van der Waals surface area contributed by atoms with Crippen molar-refractivity contribution in [1.82, 2.24) is 5.32 Å². The Labute approximate surface area is 139 Å². The average Bonchev–Trinajstić information content (AvgIpc) is 2.50. The Balaban J connectivity index is 3.14. The van der Waals surface area contributed by atoms with E-state index in [1.165, 1.54) is 25.1 Å². The molecule has 7 nitrogen and oxygen atoms in total. The van der Waals surface area contributed by atoms with Gasteiger partial charge >= 0.3 is 16.1 Å². The molecule has 0 unspecified atom stereocenters. The summed E-state index contributed by atoms with van der Waals surface area (Å²) in [5, 5.41) is 11.8. The van der Waals surface area contributed by atoms with Gasteiger partial charge in [0.25, 0.3) is 5.91 Å². The summed E-state index contributed by atoms with van der Waals surface area (Å²) in [6.45, 7) is 3.71. The van der Waals surface area contributed by atoms with E-state index in [1.807, 2.05) is 6.92 Å². The van der Waals surface area contributed by atoms with Gasteiger partial charge in [-0.1, -0.05) is 13.0 Å². The molecule has 0 heterocycles. The highest BCUT2D eigenvalue weighted by molar-refractivity contribution is 7.99. The molecule has 1 aromatic carbocycles. The van der Waals surface area contributed by atoms with E-state index in [-0.39, 0.29) is 22.6 Å². The number of hydrogen-bond acceptors (Lipinski definition) is 6. The summed E-state index contributed by atoms with van der Waals surface area (Å²) in [6.07, 6.45) is 0. The van der Waals surface area contributed by atoms with E-state index in [9.17, 15) is 23.1 Å². The predicted octanol–water partition coefficient (Wildman–Crippen LogP) is 1.60. The van der Waals surface area contributed by atoms with E-state index < -0.39 is 22.0 Å². The fourth-order valence-corrected chi connectivity index (χ4v) is 2.74. The van der Waals surface area contributed by atoms with Gasteiger partial charge in [-0.15, -0.1) is 0 Å². The number of carboxylic acid groups (broad SMARTS) is 1. The molecule has 0 saturated carbocycles. The molecule has 0 atom stereocenters. The molecule has 1 amide bonds. The highest BCUT2D eigenvalue weighted by Crippen LogP contribution is 2.24. The van der Waals surface area contributed by atoms with Crippen molar-refractivity contribution in [1.29, 1.82) is 0 Å². The quantitative estimate of drug-likeness (QED) is 0.508. The minimum absolute atomic E-state index is 0.285. The van der Waals surface area contributed by atoms with Crippen LogP contribution in [-0.4, -0.2) is 49.2 Å². The van der Waals surface area contributed by atoms with Gasteiger partial charge in [0.15, 0.2) is 5.75 Å². The van der Waals surface area contributed by atoms with Gasteiger partial charge in [0.2, 0.25) is 0 Å². The maximum Gasteiger partial charge on any atom is 0.336 e. The lowest BCUT2D eigenvalue weighted by molar-refractivity contribution is 0.0690. The highest BCUT2D eigenvalue weighted by atomic mass is 32.2. The lowest BCUT2D eigenvalue weighted by Gasteiger charge is -2.13. The van der Waals surface area contributed by atoms with E-state index in [0.717, 1.165) is 5.75 Å². The lowest BCUT2D eigenvalue weighted by Crippen LogP contribution is -2.28. The zero-order valence-corrected chi connectivity index (χ0v) is 14.5. The van der Waals surface area contributed by atoms with Crippen LogP contribution in [0.2, 0.25) is 0 Å². The summed E-state index contributed by atoms with van der Waals surface area (Å²) in [4.78, 5) is 23.6. The van der Waals surface area contributed by atoms with Crippen molar-refractivity contribution in [3.8, 4) is 5.75 Å². The smallest absolute Gasteiger partial charge is 0.336 e. The molecule has 0 spiro atoms. The first-order chi connectivity index (χ1) is 10.8. The van der Waals surface area contributed by atoms with Crippen LogP contribution in [0.15, 0.2) is 18.2 Å². The number of carboxylic acids is 1. The van der Waals surface area contributed by atoms with E-state index >= 15 is 0 Å². The normalized spacial score (nSPS) is 11.0. The molecule has 128 valence electrons. The van der Waals surface area contributed by atoms with Crippen LogP contribution in [0.1, 0.15) is 34.6 Å². The SMILES string of the molecule is CCSCCNC(=O)c1c(OS(=O)(=O)CC)cccc1C(=O)O. The molecule has 1 aromatic rings. The van der Waals surface area contributed by atoms with Gasteiger partial charge in [-0.3, -0.25) is 4.79 Å². The Kier molecular flexibility index (Phi) is 7.37. The zero-order chi connectivity index (χ0) is 17.5. The van der Waals surface area contributed by atoms with Gasteiger partial charge in [0.05, 0.1) is 16.9 Å². The maximum atomic E-state index is 12.3. The molecule has 0 saturated heterocycles. The van der Waals surface area contributed by atoms with Crippen molar-refractivity contribution in [3.63, 3.8) is 0 Å². The second-order valence-corrected chi connectivity index (χ2v) is 7.62. The lowest BCUT2D eigenvalue weighted by atomic mass is 10.1. The van der Waals surface area contributed by atoms with Crippen molar-refractivity contribution in [2.24, 2.45) is 0 Å². The first kappa shape index (κ1) is 19.3. The standard InChI is InChI=1S/C14H19NO6S2/c1-3-22-9-8-15-13(16)12-10(14(17)18)6-5-7-11(12)21-23(19,20)4-2/h5-7H,3-4,8-9H2,1-2H3,(H,15,16)(H,17,18). The number of thioether (sulfide) groups is 1. The molecule has 1 rings (SSSR count). The van der Waals surface area contributed by atoms with E-state index in [4.69, 9.17) is 4.18 Å². The van der Waals surface area contributed by atoms with Gasteiger partial charge < -0.3 is 14.6 Å². The van der Waals surface area contributed by atoms with Crippen LogP contribution < -0.4 is 9.50 Å². The molecule has 0 aromatic heterocycles. The molecule has 0 aliphatic rings. The Hall–Kier alpha value is -1.74. The van der Waals surface area contributed by atoms with Gasteiger partial charge in [-0.25, -0.2) is 4.79 Å². The summed E-state index contributed by atoms with van der Waals surface area (Å²) in [7, 11) is -3.88. The van der Waals surface area contributed by atoms with Crippen LogP contribution in [0.3, 0.4) is 0 Å². The number of aromatic carboxylic acids is 1. The summed E-state index contributed by atoms with van der Waals surface area (Å²) in [5.74, 6) is -1.03. The average molecular weight is 361 g/mol. The summed E-state index contributed by atoms with van der Waals surface area (Å²) >= 11 is 1.62. The number of amides is 1. The van der Waals surface area contributed by atoms with Crippen molar-refractivity contribution in [2.75, 3.05) is 23.8 Å². The van der Waals surface area contributed by atoms with Crippen LogP contribution in [0, 0.1) is 0 Å². The Morgan fingerprint density at radius 3 is 2.57 bits per heavy atom. The van der Waals surface area contributed by atoms with Crippen LogP contribution in [0.5, 0.6) is 5.75 Å². The second-order valence-electron chi connectivity index (χ2n) is 4.37. The molecule has 0 radical (unpaired) electrons. The molecule has 0 bridgehead atoms. The minimum atomic E-state index is -3.88. The molecule has 9 heteroatoms. The zero-order valence-electron chi connectivity index (χ0n) is 12.9. The number of carbonyl (C=O) groups is 2. The van der Waals surface area contributed by atoms with Crippen LogP contribution in [0.25, 0.3) is 0 Å². The van der Waals surface area contributed by atoms with E-state index in [0.29, 0.717) is 12.3 Å². The van der Waals surface area contributed by atoms with E-state index in [2.05, 4.69) is 5.32 Å². The van der Waals surface area contributed by atoms with Gasteiger partial charge in [0.1, 0.15) is 0 Å². The molecule has 2 N–H and O–H groups in total. The Bertz CT molecular complexity index is 672. The maximum absolute atomic E-state index is 12.3. The number of nitrogens with one attached hydrogen (secondary N) is 1.